The molecule has 4 rings (SSSR count). The zero-order valence-electron chi connectivity index (χ0n) is 17.7. The quantitative estimate of drug-likeness (QED) is 0.524. The predicted octanol–water partition coefficient (Wildman–Crippen LogP) is 4.91. The van der Waals surface area contributed by atoms with Crippen LogP contribution in [0.3, 0.4) is 0 Å². The molecule has 0 radical (unpaired) electrons. The van der Waals surface area contributed by atoms with Crippen molar-refractivity contribution in [2.24, 2.45) is 0 Å². The molecule has 2 heterocycles. The minimum Gasteiger partial charge on any atom is -0.419 e. The van der Waals surface area contributed by atoms with Crippen molar-refractivity contribution in [3.63, 3.8) is 0 Å². The minimum atomic E-state index is 0.116. The molecule has 0 unspecified atom stereocenters. The number of nitrogens with zero attached hydrogens (tertiary/aromatic N) is 4. The summed E-state index contributed by atoms with van der Waals surface area (Å²) in [4.78, 5) is 17.1. The number of hydrogen-bond donors (Lipinski definition) is 0. The highest BCUT2D eigenvalue weighted by Crippen LogP contribution is 2.23. The molecule has 0 N–H and O–H groups in total. The van der Waals surface area contributed by atoms with Crippen molar-refractivity contribution < 1.29 is 9.21 Å². The van der Waals surface area contributed by atoms with Crippen molar-refractivity contribution in [2.75, 3.05) is 19.6 Å². The molecule has 1 fully saturated rings. The molecule has 1 aromatic heterocycles. The molecule has 162 valence electrons. The lowest BCUT2D eigenvalue weighted by Gasteiger charge is -2.38. The number of amides is 1. The fourth-order valence-electron chi connectivity index (χ4n) is 4.08. The summed E-state index contributed by atoms with van der Waals surface area (Å²) < 4.78 is 5.92. The van der Waals surface area contributed by atoms with Gasteiger partial charge in [-0.2, -0.15) is 0 Å². The van der Waals surface area contributed by atoms with E-state index >= 15 is 0 Å². The monoisotopic (exact) mass is 438 g/mol. The Morgan fingerprint density at radius 2 is 1.81 bits per heavy atom. The van der Waals surface area contributed by atoms with E-state index in [0.717, 1.165) is 50.0 Å². The van der Waals surface area contributed by atoms with Crippen molar-refractivity contribution in [2.45, 2.75) is 38.8 Å². The number of likely N-dealkylation sites (tertiary alicyclic amines) is 1. The molecule has 1 amide bonds. The van der Waals surface area contributed by atoms with Gasteiger partial charge in [-0.15, -0.1) is 10.2 Å². The second kappa shape index (κ2) is 10.1. The average Bonchev–Trinajstić information content (AvgIpc) is 3.28. The second-order valence-electron chi connectivity index (χ2n) is 7.87. The van der Waals surface area contributed by atoms with Crippen LogP contribution in [0.25, 0.3) is 11.5 Å². The fourth-order valence-corrected chi connectivity index (χ4v) is 4.20. The fraction of sp³-hybridized carbons (Fsp3) is 0.375. The van der Waals surface area contributed by atoms with Crippen molar-refractivity contribution >= 4 is 17.5 Å². The van der Waals surface area contributed by atoms with E-state index in [0.29, 0.717) is 29.4 Å². The molecule has 6 nitrogen and oxygen atoms in total. The Bertz CT molecular complexity index is 982. The van der Waals surface area contributed by atoms with Gasteiger partial charge < -0.3 is 9.32 Å². The maximum absolute atomic E-state index is 12.7. The van der Waals surface area contributed by atoms with Crippen molar-refractivity contribution in [3.05, 3.63) is 71.1 Å². The highest BCUT2D eigenvalue weighted by Gasteiger charge is 2.28. The summed E-state index contributed by atoms with van der Waals surface area (Å²) in [5.41, 5.74) is 1.62. The van der Waals surface area contributed by atoms with Crippen molar-refractivity contribution in [1.29, 1.82) is 0 Å². The van der Waals surface area contributed by atoms with Crippen molar-refractivity contribution in [3.8, 4) is 11.5 Å². The second-order valence-corrected chi connectivity index (χ2v) is 8.30. The number of aromatic nitrogens is 2. The van der Waals surface area contributed by atoms with Gasteiger partial charge in [-0.05, 0) is 62.2 Å². The number of halogens is 1. The number of piperidine rings is 1. The molecule has 31 heavy (non-hydrogen) atoms. The lowest BCUT2D eigenvalue weighted by Crippen LogP contribution is -2.46. The first kappa shape index (κ1) is 21.5. The standard InChI is InChI=1S/C24H27ClN4O2/c1-2-14-29(17-22-26-27-23(31-22)18-8-10-20(25)11-9-18)21-12-15-28(16-13-21)24(30)19-6-4-3-5-7-19/h3-11,21H,2,12-17H2,1H3. The molecule has 3 aromatic rings. The van der Waals surface area contributed by atoms with E-state index in [9.17, 15) is 4.79 Å². The van der Waals surface area contributed by atoms with E-state index in [2.05, 4.69) is 22.0 Å². The van der Waals surface area contributed by atoms with Gasteiger partial charge in [0.25, 0.3) is 5.91 Å². The third-order valence-electron chi connectivity index (χ3n) is 5.70. The van der Waals surface area contributed by atoms with E-state index in [4.69, 9.17) is 16.0 Å². The maximum Gasteiger partial charge on any atom is 0.253 e. The maximum atomic E-state index is 12.7. The highest BCUT2D eigenvalue weighted by molar-refractivity contribution is 6.30. The first-order chi connectivity index (χ1) is 15.1. The molecule has 0 spiro atoms. The van der Waals surface area contributed by atoms with Crippen LogP contribution in [0.5, 0.6) is 0 Å². The molecular formula is C24H27ClN4O2. The van der Waals surface area contributed by atoms with Gasteiger partial charge in [0, 0.05) is 35.3 Å². The minimum absolute atomic E-state index is 0.116. The first-order valence-electron chi connectivity index (χ1n) is 10.8. The van der Waals surface area contributed by atoms with E-state index in [1.54, 1.807) is 0 Å². The molecule has 2 aromatic carbocycles. The molecule has 0 saturated carbocycles. The smallest absolute Gasteiger partial charge is 0.253 e. The summed E-state index contributed by atoms with van der Waals surface area (Å²) in [5.74, 6) is 1.23. The Morgan fingerprint density at radius 1 is 1.10 bits per heavy atom. The largest absolute Gasteiger partial charge is 0.419 e. The van der Waals surface area contributed by atoms with Gasteiger partial charge >= 0.3 is 0 Å². The molecular weight excluding hydrogens is 412 g/mol. The lowest BCUT2D eigenvalue weighted by molar-refractivity contribution is 0.0594. The zero-order valence-corrected chi connectivity index (χ0v) is 18.5. The summed E-state index contributed by atoms with van der Waals surface area (Å²) in [6.45, 7) is 5.27. The van der Waals surface area contributed by atoms with Gasteiger partial charge in [-0.25, -0.2) is 0 Å². The van der Waals surface area contributed by atoms with Crippen LogP contribution in [0.15, 0.2) is 59.0 Å². The third-order valence-corrected chi connectivity index (χ3v) is 5.95. The number of rotatable bonds is 7. The van der Waals surface area contributed by atoms with Crippen molar-refractivity contribution in [1.82, 2.24) is 20.0 Å². The Labute approximate surface area is 187 Å². The molecule has 7 heteroatoms. The summed E-state index contributed by atoms with van der Waals surface area (Å²) >= 11 is 5.96. The Hall–Kier alpha value is -2.70. The molecule has 0 bridgehead atoms. The molecule has 1 aliphatic heterocycles. The molecule has 0 aliphatic carbocycles. The summed E-state index contributed by atoms with van der Waals surface area (Å²) in [5, 5.41) is 9.14. The van der Waals surface area contributed by atoms with Gasteiger partial charge in [-0.1, -0.05) is 36.7 Å². The topological polar surface area (TPSA) is 62.5 Å². The van der Waals surface area contributed by atoms with Crippen LogP contribution in [0.1, 0.15) is 42.4 Å². The van der Waals surface area contributed by atoms with Gasteiger partial charge in [0.05, 0.1) is 6.54 Å². The first-order valence-corrected chi connectivity index (χ1v) is 11.2. The SMILES string of the molecule is CCCN(Cc1nnc(-c2ccc(Cl)cc2)o1)C1CCN(C(=O)c2ccccc2)CC1. The van der Waals surface area contributed by atoms with Gasteiger partial charge in [0.1, 0.15) is 0 Å². The van der Waals surface area contributed by atoms with Gasteiger partial charge in [0.15, 0.2) is 0 Å². The van der Waals surface area contributed by atoms with E-state index < -0.39 is 0 Å². The van der Waals surface area contributed by atoms with Crippen LogP contribution < -0.4 is 0 Å². The molecule has 1 saturated heterocycles. The normalized spacial score (nSPS) is 14.9. The lowest BCUT2D eigenvalue weighted by atomic mass is 10.0. The summed E-state index contributed by atoms with van der Waals surface area (Å²) in [7, 11) is 0. The van der Waals surface area contributed by atoms with Crippen LogP contribution in [0.2, 0.25) is 5.02 Å². The average molecular weight is 439 g/mol. The summed E-state index contributed by atoms with van der Waals surface area (Å²) in [6.07, 6.45) is 2.93. The van der Waals surface area contributed by atoms with Crippen LogP contribution in [0.4, 0.5) is 0 Å². The number of carbonyl (C=O) groups is 1. The van der Waals surface area contributed by atoms with E-state index in [-0.39, 0.29) is 5.91 Å². The highest BCUT2D eigenvalue weighted by atomic mass is 35.5. The van der Waals surface area contributed by atoms with Crippen LogP contribution in [-0.4, -0.2) is 51.6 Å². The number of carbonyl (C=O) groups excluding carboxylic acids is 1. The van der Waals surface area contributed by atoms with Gasteiger partial charge in [-0.3, -0.25) is 9.69 Å². The summed E-state index contributed by atoms with van der Waals surface area (Å²) in [6, 6.07) is 17.3. The third kappa shape index (κ3) is 5.32. The zero-order chi connectivity index (χ0) is 21.6. The Kier molecular flexibility index (Phi) is 6.99. The van der Waals surface area contributed by atoms with E-state index in [1.165, 1.54) is 0 Å². The van der Waals surface area contributed by atoms with E-state index in [1.807, 2.05) is 59.5 Å². The predicted molar refractivity (Wildman–Crippen MR) is 121 cm³/mol. The van der Waals surface area contributed by atoms with Gasteiger partial charge in [0.2, 0.25) is 11.8 Å². The number of hydrogen-bond acceptors (Lipinski definition) is 5. The molecule has 1 aliphatic rings. The molecule has 0 atom stereocenters. The van der Waals surface area contributed by atoms with Crippen LogP contribution in [0, 0.1) is 0 Å². The Morgan fingerprint density at radius 3 is 2.48 bits per heavy atom. The van der Waals surface area contributed by atoms with Crippen LogP contribution in [-0.2, 0) is 6.54 Å². The number of benzene rings is 2. The van der Waals surface area contributed by atoms with Crippen LogP contribution >= 0.6 is 11.6 Å². The Balaban J connectivity index is 1.37.